The lowest BCUT2D eigenvalue weighted by Crippen LogP contribution is -2.36. The van der Waals surface area contributed by atoms with E-state index in [9.17, 15) is 4.79 Å². The summed E-state index contributed by atoms with van der Waals surface area (Å²) < 4.78 is 10.7. The molecule has 0 saturated heterocycles. The van der Waals surface area contributed by atoms with Gasteiger partial charge in [0.15, 0.2) is 0 Å². The number of ether oxygens (including phenoxy) is 2. The van der Waals surface area contributed by atoms with Crippen LogP contribution >= 0.6 is 0 Å². The van der Waals surface area contributed by atoms with Crippen molar-refractivity contribution < 1.29 is 14.3 Å². The molecule has 0 aliphatic rings. The molecular weight excluding hydrogens is 342 g/mol. The van der Waals surface area contributed by atoms with Crippen molar-refractivity contribution in [3.05, 3.63) is 60.3 Å². The van der Waals surface area contributed by atoms with Crippen molar-refractivity contribution in [3.8, 4) is 11.5 Å². The Morgan fingerprint density at radius 3 is 2.63 bits per heavy atom. The van der Waals surface area contributed by atoms with Crippen molar-refractivity contribution in [2.24, 2.45) is 0 Å². The molecule has 0 aliphatic carbocycles. The number of H-pyrrole nitrogens is 1. The molecule has 0 unspecified atom stereocenters. The van der Waals surface area contributed by atoms with Gasteiger partial charge in [0, 0.05) is 17.1 Å². The van der Waals surface area contributed by atoms with Gasteiger partial charge in [-0.2, -0.15) is 0 Å². The first-order valence-corrected chi connectivity index (χ1v) is 9.05. The third kappa shape index (κ3) is 5.49. The van der Waals surface area contributed by atoms with Crippen LogP contribution in [0.2, 0.25) is 0 Å². The molecule has 0 atom stereocenters. The van der Waals surface area contributed by atoms with Gasteiger partial charge in [0.2, 0.25) is 5.91 Å². The number of rotatable bonds is 10. The first-order chi connectivity index (χ1) is 13.3. The number of para-hydroxylation sites is 1. The maximum atomic E-state index is 11.9. The van der Waals surface area contributed by atoms with Crippen LogP contribution in [0.1, 0.15) is 5.56 Å². The monoisotopic (exact) mass is 367 g/mol. The van der Waals surface area contributed by atoms with Gasteiger partial charge in [0.1, 0.15) is 18.1 Å². The standard InChI is InChI=1S/C21H25N3O3/c1-26-17-6-8-18(9-7-17)27-13-12-23-21(25)15-22-11-10-16-14-24-20-5-3-2-4-19(16)20/h2-9,14,22,24H,10-13,15H2,1H3,(H,23,25). The molecular formula is C21H25N3O3. The van der Waals surface area contributed by atoms with Gasteiger partial charge in [-0.05, 0) is 48.9 Å². The number of carbonyl (C=O) groups is 1. The Morgan fingerprint density at radius 2 is 1.81 bits per heavy atom. The van der Waals surface area contributed by atoms with E-state index in [1.807, 2.05) is 42.6 Å². The van der Waals surface area contributed by atoms with Gasteiger partial charge < -0.3 is 25.1 Å². The predicted octanol–water partition coefficient (Wildman–Crippen LogP) is 2.50. The summed E-state index contributed by atoms with van der Waals surface area (Å²) in [5, 5.41) is 7.26. The number of aromatic amines is 1. The zero-order valence-electron chi connectivity index (χ0n) is 15.5. The number of aromatic nitrogens is 1. The molecule has 0 saturated carbocycles. The van der Waals surface area contributed by atoms with Gasteiger partial charge in [-0.1, -0.05) is 18.2 Å². The second kappa shape index (κ2) is 9.64. The number of amides is 1. The fourth-order valence-electron chi connectivity index (χ4n) is 2.86. The highest BCUT2D eigenvalue weighted by molar-refractivity contribution is 5.83. The lowest BCUT2D eigenvalue weighted by molar-refractivity contribution is -0.120. The lowest BCUT2D eigenvalue weighted by Gasteiger charge is -2.09. The van der Waals surface area contributed by atoms with E-state index in [2.05, 4.69) is 27.8 Å². The van der Waals surface area contributed by atoms with Crippen LogP contribution in [0, 0.1) is 0 Å². The minimum atomic E-state index is -0.0349. The molecule has 0 aliphatic heterocycles. The van der Waals surface area contributed by atoms with E-state index in [1.54, 1.807) is 7.11 Å². The van der Waals surface area contributed by atoms with Crippen LogP contribution in [0.25, 0.3) is 10.9 Å². The number of nitrogens with one attached hydrogen (secondary N) is 3. The number of fused-ring (bicyclic) bond motifs is 1. The first-order valence-electron chi connectivity index (χ1n) is 9.05. The average Bonchev–Trinajstić information content (AvgIpc) is 3.12. The summed E-state index contributed by atoms with van der Waals surface area (Å²) in [4.78, 5) is 15.1. The summed E-state index contributed by atoms with van der Waals surface area (Å²) in [7, 11) is 1.62. The van der Waals surface area contributed by atoms with Crippen molar-refractivity contribution in [1.82, 2.24) is 15.6 Å². The van der Waals surface area contributed by atoms with Crippen molar-refractivity contribution in [3.63, 3.8) is 0 Å². The molecule has 6 heteroatoms. The lowest BCUT2D eigenvalue weighted by atomic mass is 10.1. The van der Waals surface area contributed by atoms with Crippen LogP contribution in [0.4, 0.5) is 0 Å². The van der Waals surface area contributed by atoms with E-state index < -0.39 is 0 Å². The second-order valence-corrected chi connectivity index (χ2v) is 6.16. The maximum absolute atomic E-state index is 11.9. The number of hydrogen-bond donors (Lipinski definition) is 3. The fraction of sp³-hybridized carbons (Fsp3) is 0.286. The Hall–Kier alpha value is -2.99. The molecule has 0 radical (unpaired) electrons. The summed E-state index contributed by atoms with van der Waals surface area (Å²) in [6, 6.07) is 15.6. The fourth-order valence-corrected chi connectivity index (χ4v) is 2.86. The van der Waals surface area contributed by atoms with Crippen LogP contribution < -0.4 is 20.1 Å². The third-order valence-electron chi connectivity index (χ3n) is 4.28. The molecule has 0 bridgehead atoms. The quantitative estimate of drug-likeness (QED) is 0.481. The maximum Gasteiger partial charge on any atom is 0.234 e. The summed E-state index contributed by atoms with van der Waals surface area (Å²) in [6.45, 7) is 1.94. The van der Waals surface area contributed by atoms with E-state index >= 15 is 0 Å². The first kappa shape index (κ1) is 18.8. The van der Waals surface area contributed by atoms with Crippen molar-refractivity contribution in [1.29, 1.82) is 0 Å². The molecule has 0 spiro atoms. The van der Waals surface area contributed by atoms with Crippen LogP contribution in [0.3, 0.4) is 0 Å². The zero-order valence-corrected chi connectivity index (χ0v) is 15.5. The number of hydrogen-bond acceptors (Lipinski definition) is 4. The summed E-state index contributed by atoms with van der Waals surface area (Å²) in [5.41, 5.74) is 2.40. The molecule has 142 valence electrons. The Balaban J connectivity index is 1.28. The minimum Gasteiger partial charge on any atom is -0.497 e. The van der Waals surface area contributed by atoms with Gasteiger partial charge in [0.25, 0.3) is 0 Å². The number of benzene rings is 2. The molecule has 0 fully saturated rings. The Labute approximate surface area is 158 Å². The Bertz CT molecular complexity index is 858. The van der Waals surface area contributed by atoms with Gasteiger partial charge in [0.05, 0.1) is 20.2 Å². The van der Waals surface area contributed by atoms with Gasteiger partial charge >= 0.3 is 0 Å². The highest BCUT2D eigenvalue weighted by Gasteiger charge is 2.04. The zero-order chi connectivity index (χ0) is 18.9. The van der Waals surface area contributed by atoms with Gasteiger partial charge in [-0.25, -0.2) is 0 Å². The number of carbonyl (C=O) groups excluding carboxylic acids is 1. The second-order valence-electron chi connectivity index (χ2n) is 6.16. The van der Waals surface area contributed by atoms with Gasteiger partial charge in [-0.15, -0.1) is 0 Å². The van der Waals surface area contributed by atoms with E-state index in [1.165, 1.54) is 10.9 Å². The SMILES string of the molecule is COc1ccc(OCCNC(=O)CNCCc2c[nH]c3ccccc23)cc1. The summed E-state index contributed by atoms with van der Waals surface area (Å²) in [6.07, 6.45) is 2.90. The number of methoxy groups -OCH3 is 1. The highest BCUT2D eigenvalue weighted by Crippen LogP contribution is 2.18. The molecule has 1 amide bonds. The van der Waals surface area contributed by atoms with Crippen LogP contribution in [0.15, 0.2) is 54.7 Å². The summed E-state index contributed by atoms with van der Waals surface area (Å²) >= 11 is 0. The minimum absolute atomic E-state index is 0.0349. The van der Waals surface area contributed by atoms with Gasteiger partial charge in [-0.3, -0.25) is 4.79 Å². The molecule has 27 heavy (non-hydrogen) atoms. The molecule has 1 heterocycles. The van der Waals surface area contributed by atoms with Crippen LogP contribution in [-0.4, -0.2) is 44.2 Å². The highest BCUT2D eigenvalue weighted by atomic mass is 16.5. The van der Waals surface area contributed by atoms with E-state index in [0.29, 0.717) is 19.7 Å². The average molecular weight is 367 g/mol. The molecule has 3 rings (SSSR count). The van der Waals surface area contributed by atoms with E-state index in [-0.39, 0.29) is 5.91 Å². The van der Waals surface area contributed by atoms with E-state index in [4.69, 9.17) is 9.47 Å². The molecule has 1 aromatic heterocycles. The topological polar surface area (TPSA) is 75.4 Å². The molecule has 3 N–H and O–H groups in total. The summed E-state index contributed by atoms with van der Waals surface area (Å²) in [5.74, 6) is 1.50. The van der Waals surface area contributed by atoms with Crippen LogP contribution in [0.5, 0.6) is 11.5 Å². The van der Waals surface area contributed by atoms with Crippen molar-refractivity contribution in [2.45, 2.75) is 6.42 Å². The Morgan fingerprint density at radius 1 is 1.04 bits per heavy atom. The molecule has 2 aromatic carbocycles. The van der Waals surface area contributed by atoms with Crippen molar-refractivity contribution in [2.75, 3.05) is 33.4 Å². The van der Waals surface area contributed by atoms with Crippen LogP contribution in [-0.2, 0) is 11.2 Å². The largest absolute Gasteiger partial charge is 0.497 e. The predicted molar refractivity (Wildman–Crippen MR) is 106 cm³/mol. The Kier molecular flexibility index (Phi) is 6.71. The van der Waals surface area contributed by atoms with E-state index in [0.717, 1.165) is 30.0 Å². The normalized spacial score (nSPS) is 10.7. The smallest absolute Gasteiger partial charge is 0.234 e. The molecule has 6 nitrogen and oxygen atoms in total. The van der Waals surface area contributed by atoms with Crippen molar-refractivity contribution >= 4 is 16.8 Å². The molecule has 3 aromatic rings. The third-order valence-corrected chi connectivity index (χ3v) is 4.28.